The fourth-order valence-electron chi connectivity index (χ4n) is 4.54. The maximum atomic E-state index is 13.1. The third kappa shape index (κ3) is 4.58. The quantitative estimate of drug-likeness (QED) is 0.813. The summed E-state index contributed by atoms with van der Waals surface area (Å²) in [6.45, 7) is 2.90. The summed E-state index contributed by atoms with van der Waals surface area (Å²) in [5, 5.41) is 4.25. The van der Waals surface area contributed by atoms with Crippen LogP contribution in [0.2, 0.25) is 5.02 Å². The number of amides is 2. The van der Waals surface area contributed by atoms with Crippen molar-refractivity contribution in [3.05, 3.63) is 34.9 Å². The largest absolute Gasteiger partial charge is 0.341 e. The highest BCUT2D eigenvalue weighted by molar-refractivity contribution is 6.30. The van der Waals surface area contributed by atoms with Crippen LogP contribution in [-0.2, 0) is 4.79 Å². The Hall–Kier alpha value is -1.30. The number of piperidine rings is 1. The van der Waals surface area contributed by atoms with Crippen molar-refractivity contribution in [1.29, 1.82) is 0 Å². The van der Waals surface area contributed by atoms with Gasteiger partial charge in [0.1, 0.15) is 0 Å². The van der Waals surface area contributed by atoms with Crippen LogP contribution in [0.25, 0.3) is 0 Å². The maximum absolute atomic E-state index is 13.1. The van der Waals surface area contributed by atoms with Crippen LogP contribution in [0.15, 0.2) is 24.3 Å². The second kappa shape index (κ2) is 8.80. The molecule has 2 amide bonds. The van der Waals surface area contributed by atoms with Crippen LogP contribution in [-0.4, -0.2) is 59.9 Å². The number of nitrogens with one attached hydrogen (secondary N) is 1. The average Bonchev–Trinajstić information content (AvgIpc) is 3.00. The molecular weight excluding hydrogens is 385 g/mol. The predicted octanol–water partition coefficient (Wildman–Crippen LogP) is 2.97. The van der Waals surface area contributed by atoms with Gasteiger partial charge in [0.15, 0.2) is 0 Å². The zero-order valence-corrected chi connectivity index (χ0v) is 17.0. The van der Waals surface area contributed by atoms with E-state index in [9.17, 15) is 9.59 Å². The fraction of sp³-hybridized carbons (Fsp3) is 0.600. The van der Waals surface area contributed by atoms with Gasteiger partial charge in [0.25, 0.3) is 5.91 Å². The summed E-state index contributed by atoms with van der Waals surface area (Å²) < 4.78 is 0. The predicted molar refractivity (Wildman–Crippen MR) is 108 cm³/mol. The Bertz CT molecular complexity index is 682. The first kappa shape index (κ1) is 20.4. The summed E-state index contributed by atoms with van der Waals surface area (Å²) in [6.07, 6.45) is 5.21. The van der Waals surface area contributed by atoms with Gasteiger partial charge in [-0.15, -0.1) is 12.4 Å². The number of carbonyl (C=O) groups excluding carboxylic acids is 2. The molecule has 3 aliphatic rings. The first-order chi connectivity index (χ1) is 12.6. The second-order valence-corrected chi connectivity index (χ2v) is 8.24. The van der Waals surface area contributed by atoms with Gasteiger partial charge in [0.2, 0.25) is 5.91 Å². The summed E-state index contributed by atoms with van der Waals surface area (Å²) >= 11 is 5.91. The Balaban J connectivity index is 0.00000210. The summed E-state index contributed by atoms with van der Waals surface area (Å²) in [4.78, 5) is 29.7. The lowest BCUT2D eigenvalue weighted by atomic mass is 9.95. The van der Waals surface area contributed by atoms with Crippen molar-refractivity contribution in [3.8, 4) is 0 Å². The van der Waals surface area contributed by atoms with E-state index < -0.39 is 0 Å². The normalized spacial score (nSPS) is 27.7. The van der Waals surface area contributed by atoms with Gasteiger partial charge in [-0.25, -0.2) is 0 Å². The smallest absolute Gasteiger partial charge is 0.253 e. The number of rotatable bonds is 2. The van der Waals surface area contributed by atoms with Crippen molar-refractivity contribution in [1.82, 2.24) is 15.1 Å². The van der Waals surface area contributed by atoms with E-state index in [0.717, 1.165) is 38.9 Å². The minimum absolute atomic E-state index is 0. The molecule has 0 aliphatic carbocycles. The third-order valence-electron chi connectivity index (χ3n) is 5.98. The molecule has 0 spiro atoms. The first-order valence-corrected chi connectivity index (χ1v) is 10.1. The van der Waals surface area contributed by atoms with Crippen LogP contribution in [0, 0.1) is 5.92 Å². The van der Waals surface area contributed by atoms with Crippen LogP contribution in [0.3, 0.4) is 0 Å². The van der Waals surface area contributed by atoms with E-state index in [1.807, 2.05) is 9.80 Å². The molecule has 1 aromatic rings. The van der Waals surface area contributed by atoms with Crippen molar-refractivity contribution >= 4 is 35.8 Å². The van der Waals surface area contributed by atoms with E-state index in [0.29, 0.717) is 29.2 Å². The Morgan fingerprint density at radius 3 is 2.44 bits per heavy atom. The van der Waals surface area contributed by atoms with Crippen LogP contribution >= 0.6 is 24.0 Å². The SMILES string of the molecule is Cl.O=C(c1ccc(Cl)cc1)N1CCCC(C(=O)N2CCC3CCC(C2)N3)C1. The number of halogens is 2. The molecule has 2 bridgehead atoms. The second-order valence-electron chi connectivity index (χ2n) is 7.81. The number of benzene rings is 1. The lowest BCUT2D eigenvalue weighted by Crippen LogP contribution is -2.48. The third-order valence-corrected chi connectivity index (χ3v) is 6.24. The van der Waals surface area contributed by atoms with Crippen molar-refractivity contribution in [3.63, 3.8) is 0 Å². The van der Waals surface area contributed by atoms with E-state index in [1.165, 1.54) is 12.8 Å². The first-order valence-electron chi connectivity index (χ1n) is 9.70. The molecule has 3 aliphatic heterocycles. The van der Waals surface area contributed by atoms with Gasteiger partial charge in [-0.3, -0.25) is 9.59 Å². The number of hydrogen-bond acceptors (Lipinski definition) is 3. The Kier molecular flexibility index (Phi) is 6.66. The van der Waals surface area contributed by atoms with Crippen molar-refractivity contribution in [2.24, 2.45) is 5.92 Å². The number of nitrogens with zero attached hydrogens (tertiary/aromatic N) is 2. The topological polar surface area (TPSA) is 52.7 Å². The Labute approximate surface area is 171 Å². The summed E-state index contributed by atoms with van der Waals surface area (Å²) in [5.74, 6) is 0.153. The molecule has 3 heterocycles. The van der Waals surface area contributed by atoms with Crippen molar-refractivity contribution < 1.29 is 9.59 Å². The lowest BCUT2D eigenvalue weighted by molar-refractivity contribution is -0.137. The van der Waals surface area contributed by atoms with Crippen LogP contribution in [0.1, 0.15) is 42.5 Å². The van der Waals surface area contributed by atoms with E-state index in [4.69, 9.17) is 11.6 Å². The minimum Gasteiger partial charge on any atom is -0.341 e. The standard InChI is InChI=1S/C20H26ClN3O2.ClH/c21-16-5-3-14(4-6-16)19(25)23-10-1-2-15(12-23)20(26)24-11-9-17-7-8-18(13-24)22-17;/h3-6,15,17-18,22H,1-2,7-13H2;1H. The zero-order valence-electron chi connectivity index (χ0n) is 15.4. The van der Waals surface area contributed by atoms with E-state index in [1.54, 1.807) is 24.3 Å². The molecule has 3 fully saturated rings. The van der Waals surface area contributed by atoms with Gasteiger partial charge in [-0.05, 0) is 56.4 Å². The highest BCUT2D eigenvalue weighted by Crippen LogP contribution is 2.25. The van der Waals surface area contributed by atoms with Gasteiger partial charge >= 0.3 is 0 Å². The molecule has 3 atom stereocenters. The van der Waals surface area contributed by atoms with E-state index in [2.05, 4.69) is 5.32 Å². The lowest BCUT2D eigenvalue weighted by Gasteiger charge is -2.35. The van der Waals surface area contributed by atoms with Crippen LogP contribution < -0.4 is 5.32 Å². The summed E-state index contributed by atoms with van der Waals surface area (Å²) in [7, 11) is 0. The zero-order chi connectivity index (χ0) is 18.1. The molecular formula is C20H27Cl2N3O2. The Morgan fingerprint density at radius 2 is 1.67 bits per heavy atom. The van der Waals surface area contributed by atoms with E-state index >= 15 is 0 Å². The van der Waals surface area contributed by atoms with Crippen LogP contribution in [0.5, 0.6) is 0 Å². The highest BCUT2D eigenvalue weighted by atomic mass is 35.5. The molecule has 148 valence electrons. The molecule has 27 heavy (non-hydrogen) atoms. The molecule has 0 radical (unpaired) electrons. The van der Waals surface area contributed by atoms with Crippen molar-refractivity contribution in [2.45, 2.75) is 44.2 Å². The van der Waals surface area contributed by atoms with Crippen molar-refractivity contribution in [2.75, 3.05) is 26.2 Å². The molecule has 0 aromatic heterocycles. The molecule has 3 unspecified atom stereocenters. The van der Waals surface area contributed by atoms with E-state index in [-0.39, 0.29) is 30.1 Å². The molecule has 3 saturated heterocycles. The molecule has 4 rings (SSSR count). The summed E-state index contributed by atoms with van der Waals surface area (Å²) in [6, 6.07) is 8.01. The average molecular weight is 412 g/mol. The van der Waals surface area contributed by atoms with Gasteiger partial charge in [0.05, 0.1) is 5.92 Å². The monoisotopic (exact) mass is 411 g/mol. The Morgan fingerprint density at radius 1 is 0.926 bits per heavy atom. The number of carbonyl (C=O) groups is 2. The molecule has 1 aromatic carbocycles. The van der Waals surface area contributed by atoms with Gasteiger partial charge in [0, 0.05) is 48.8 Å². The fourth-order valence-corrected chi connectivity index (χ4v) is 4.67. The number of likely N-dealkylation sites (tertiary alicyclic amines) is 2. The van der Waals surface area contributed by atoms with Gasteiger partial charge in [-0.2, -0.15) is 0 Å². The number of fused-ring (bicyclic) bond motifs is 2. The molecule has 7 heteroatoms. The maximum Gasteiger partial charge on any atom is 0.253 e. The van der Waals surface area contributed by atoms with Crippen LogP contribution in [0.4, 0.5) is 0 Å². The molecule has 0 saturated carbocycles. The minimum atomic E-state index is -0.0726. The van der Waals surface area contributed by atoms with Gasteiger partial charge < -0.3 is 15.1 Å². The summed E-state index contributed by atoms with van der Waals surface area (Å²) in [5.41, 5.74) is 0.638. The molecule has 5 nitrogen and oxygen atoms in total. The number of hydrogen-bond donors (Lipinski definition) is 1. The highest BCUT2D eigenvalue weighted by Gasteiger charge is 2.35. The van der Waals surface area contributed by atoms with Gasteiger partial charge in [-0.1, -0.05) is 11.6 Å². The molecule has 1 N–H and O–H groups in total.